The largest absolute Gasteiger partial charge is 0.360 e. The Balaban J connectivity index is 2.47. The molecule has 2 nitrogen and oxygen atoms in total. The lowest BCUT2D eigenvalue weighted by atomic mass is 10.2. The smallest absolute Gasteiger partial charge is 0.124 e. The highest BCUT2D eigenvalue weighted by Crippen LogP contribution is 2.14. The summed E-state index contributed by atoms with van der Waals surface area (Å²) in [6.45, 7) is 7.04. The molecule has 0 aliphatic heterocycles. The topological polar surface area (TPSA) is 21.3 Å². The highest BCUT2D eigenvalue weighted by Gasteiger charge is 2.02. The lowest BCUT2D eigenvalue weighted by molar-refractivity contribution is 0.0853. The number of ether oxygens (including phenoxy) is 1. The minimum atomic E-state index is 0.0797. The molecule has 0 heterocycles. The molecule has 0 aliphatic carbocycles. The molecule has 0 spiro atoms. The van der Waals surface area contributed by atoms with E-state index in [1.165, 1.54) is 5.56 Å². The molecule has 0 fully saturated rings. The third-order valence-electron chi connectivity index (χ3n) is 2.08. The standard InChI is InChI=1S/C12H19NO/c1-4-9-14-11(3)13-12-8-6-5-7-10(12)2/h5-8,11,13H,4,9H2,1-3H3. The molecular weight excluding hydrogens is 174 g/mol. The van der Waals surface area contributed by atoms with Crippen LogP contribution in [0.25, 0.3) is 0 Å². The molecule has 1 aromatic rings. The SMILES string of the molecule is CCCOC(C)Nc1ccccc1C. The molecule has 0 saturated heterocycles. The number of hydrogen-bond acceptors (Lipinski definition) is 2. The van der Waals surface area contributed by atoms with Crippen LogP contribution in [0.3, 0.4) is 0 Å². The number of benzene rings is 1. The number of nitrogens with one attached hydrogen (secondary N) is 1. The first-order valence-electron chi connectivity index (χ1n) is 5.17. The predicted molar refractivity (Wildman–Crippen MR) is 60.5 cm³/mol. The Kier molecular flexibility index (Phi) is 4.47. The van der Waals surface area contributed by atoms with Crippen LogP contribution in [-0.2, 0) is 4.74 Å². The van der Waals surface area contributed by atoms with E-state index in [4.69, 9.17) is 4.74 Å². The predicted octanol–water partition coefficient (Wildman–Crippen LogP) is 3.18. The Morgan fingerprint density at radius 2 is 2.07 bits per heavy atom. The van der Waals surface area contributed by atoms with Gasteiger partial charge in [0.05, 0.1) is 0 Å². The number of aryl methyl sites for hydroxylation is 1. The Bertz CT molecular complexity index is 273. The van der Waals surface area contributed by atoms with E-state index >= 15 is 0 Å². The van der Waals surface area contributed by atoms with Gasteiger partial charge in [0.25, 0.3) is 0 Å². The van der Waals surface area contributed by atoms with Gasteiger partial charge in [0.15, 0.2) is 0 Å². The fourth-order valence-corrected chi connectivity index (χ4v) is 1.29. The molecule has 0 saturated carbocycles. The van der Waals surface area contributed by atoms with Crippen molar-refractivity contribution in [2.75, 3.05) is 11.9 Å². The van der Waals surface area contributed by atoms with Crippen LogP contribution in [0, 0.1) is 6.92 Å². The Morgan fingerprint density at radius 1 is 1.36 bits per heavy atom. The van der Waals surface area contributed by atoms with Crippen LogP contribution in [0.15, 0.2) is 24.3 Å². The first kappa shape index (κ1) is 11.1. The zero-order chi connectivity index (χ0) is 10.4. The molecule has 0 aliphatic rings. The summed E-state index contributed by atoms with van der Waals surface area (Å²) in [6.07, 6.45) is 1.14. The van der Waals surface area contributed by atoms with E-state index in [1.807, 2.05) is 19.1 Å². The maximum atomic E-state index is 5.54. The van der Waals surface area contributed by atoms with Gasteiger partial charge >= 0.3 is 0 Å². The van der Waals surface area contributed by atoms with Crippen molar-refractivity contribution in [3.05, 3.63) is 29.8 Å². The van der Waals surface area contributed by atoms with E-state index in [9.17, 15) is 0 Å². The average molecular weight is 193 g/mol. The van der Waals surface area contributed by atoms with Crippen molar-refractivity contribution in [2.45, 2.75) is 33.4 Å². The van der Waals surface area contributed by atoms with Crippen LogP contribution in [0.1, 0.15) is 25.8 Å². The van der Waals surface area contributed by atoms with Crippen molar-refractivity contribution in [1.29, 1.82) is 0 Å². The summed E-state index contributed by atoms with van der Waals surface area (Å²) in [6, 6.07) is 8.23. The van der Waals surface area contributed by atoms with E-state index < -0.39 is 0 Å². The summed E-state index contributed by atoms with van der Waals surface area (Å²) in [5.74, 6) is 0. The number of rotatable bonds is 5. The molecule has 0 aromatic heterocycles. The van der Waals surface area contributed by atoms with Crippen LogP contribution in [0.4, 0.5) is 5.69 Å². The maximum Gasteiger partial charge on any atom is 0.124 e. The van der Waals surface area contributed by atoms with Crippen LogP contribution < -0.4 is 5.32 Å². The van der Waals surface area contributed by atoms with Gasteiger partial charge < -0.3 is 10.1 Å². The van der Waals surface area contributed by atoms with Crippen LogP contribution in [0.5, 0.6) is 0 Å². The van der Waals surface area contributed by atoms with E-state index in [1.54, 1.807) is 0 Å². The van der Waals surface area contributed by atoms with Gasteiger partial charge in [-0.1, -0.05) is 25.1 Å². The number of para-hydroxylation sites is 1. The molecule has 14 heavy (non-hydrogen) atoms. The fourth-order valence-electron chi connectivity index (χ4n) is 1.29. The molecule has 2 heteroatoms. The van der Waals surface area contributed by atoms with Crippen LogP contribution in [0.2, 0.25) is 0 Å². The van der Waals surface area contributed by atoms with Crippen molar-refractivity contribution in [3.63, 3.8) is 0 Å². The highest BCUT2D eigenvalue weighted by atomic mass is 16.5. The lowest BCUT2D eigenvalue weighted by Crippen LogP contribution is -2.19. The normalized spacial score (nSPS) is 12.5. The average Bonchev–Trinajstić information content (AvgIpc) is 2.18. The van der Waals surface area contributed by atoms with Crippen molar-refractivity contribution >= 4 is 5.69 Å². The van der Waals surface area contributed by atoms with E-state index in [0.717, 1.165) is 18.7 Å². The third kappa shape index (κ3) is 3.38. The van der Waals surface area contributed by atoms with Gasteiger partial charge in [-0.05, 0) is 31.9 Å². The van der Waals surface area contributed by atoms with Crippen LogP contribution >= 0.6 is 0 Å². The highest BCUT2D eigenvalue weighted by molar-refractivity contribution is 5.50. The first-order valence-corrected chi connectivity index (χ1v) is 5.17. The zero-order valence-electron chi connectivity index (χ0n) is 9.21. The molecule has 78 valence electrons. The van der Waals surface area contributed by atoms with E-state index in [2.05, 4.69) is 31.3 Å². The van der Waals surface area contributed by atoms with Gasteiger partial charge in [-0.25, -0.2) is 0 Å². The summed E-state index contributed by atoms with van der Waals surface area (Å²) >= 11 is 0. The molecule has 1 unspecified atom stereocenters. The second-order valence-electron chi connectivity index (χ2n) is 3.47. The van der Waals surface area contributed by atoms with E-state index in [0.29, 0.717) is 0 Å². The van der Waals surface area contributed by atoms with Crippen LogP contribution in [-0.4, -0.2) is 12.8 Å². The number of hydrogen-bond donors (Lipinski definition) is 1. The summed E-state index contributed by atoms with van der Waals surface area (Å²) < 4.78 is 5.54. The van der Waals surface area contributed by atoms with Gasteiger partial charge in [-0.2, -0.15) is 0 Å². The molecular formula is C12H19NO. The maximum absolute atomic E-state index is 5.54. The fraction of sp³-hybridized carbons (Fsp3) is 0.500. The summed E-state index contributed by atoms with van der Waals surface area (Å²) in [5, 5.41) is 3.32. The van der Waals surface area contributed by atoms with Gasteiger partial charge in [0, 0.05) is 12.3 Å². The van der Waals surface area contributed by atoms with Gasteiger partial charge in [-0.15, -0.1) is 0 Å². The first-order chi connectivity index (χ1) is 6.74. The molecule has 0 radical (unpaired) electrons. The monoisotopic (exact) mass is 193 g/mol. The van der Waals surface area contributed by atoms with Gasteiger partial charge in [0.1, 0.15) is 6.23 Å². The summed E-state index contributed by atoms with van der Waals surface area (Å²) in [5.41, 5.74) is 2.40. The molecule has 1 N–H and O–H groups in total. The van der Waals surface area contributed by atoms with Crippen molar-refractivity contribution in [1.82, 2.24) is 0 Å². The lowest BCUT2D eigenvalue weighted by Gasteiger charge is -2.17. The summed E-state index contributed by atoms with van der Waals surface area (Å²) in [4.78, 5) is 0. The second-order valence-corrected chi connectivity index (χ2v) is 3.47. The molecule has 0 amide bonds. The number of anilines is 1. The zero-order valence-corrected chi connectivity index (χ0v) is 9.21. The Labute approximate surface area is 86.3 Å². The molecule has 0 bridgehead atoms. The molecule has 1 aromatic carbocycles. The minimum absolute atomic E-state index is 0.0797. The second kappa shape index (κ2) is 5.66. The Morgan fingerprint density at radius 3 is 2.71 bits per heavy atom. The minimum Gasteiger partial charge on any atom is -0.360 e. The van der Waals surface area contributed by atoms with E-state index in [-0.39, 0.29) is 6.23 Å². The van der Waals surface area contributed by atoms with Crippen molar-refractivity contribution in [2.24, 2.45) is 0 Å². The molecule has 1 rings (SSSR count). The quantitative estimate of drug-likeness (QED) is 0.725. The third-order valence-corrected chi connectivity index (χ3v) is 2.08. The Hall–Kier alpha value is -1.02. The van der Waals surface area contributed by atoms with Crippen molar-refractivity contribution in [3.8, 4) is 0 Å². The van der Waals surface area contributed by atoms with Gasteiger partial charge in [-0.3, -0.25) is 0 Å². The van der Waals surface area contributed by atoms with Gasteiger partial charge in [0.2, 0.25) is 0 Å². The van der Waals surface area contributed by atoms with Crippen molar-refractivity contribution < 1.29 is 4.74 Å². The summed E-state index contributed by atoms with van der Waals surface area (Å²) in [7, 11) is 0. The molecule has 1 atom stereocenters.